The maximum Gasteiger partial charge on any atom is 0.449 e. The smallest absolute Gasteiger partial charge is 0.334 e. The van der Waals surface area contributed by atoms with E-state index >= 15 is 0 Å². The SMILES string of the molecule is N#CN1CC[C@@H](N2CC=CN(c3ccc4nc(C(F)(F)F)[nH]c4c3)S2(=O)=O)C1. The maximum absolute atomic E-state index is 13.1. The Morgan fingerprint density at radius 1 is 1.32 bits per heavy atom. The Hall–Kier alpha value is -2.78. The number of rotatable bonds is 2. The van der Waals surface area contributed by atoms with E-state index in [0.717, 1.165) is 4.31 Å². The summed E-state index contributed by atoms with van der Waals surface area (Å²) < 4.78 is 67.0. The first-order chi connectivity index (χ1) is 13.2. The molecule has 0 radical (unpaired) electrons. The first-order valence-electron chi connectivity index (χ1n) is 8.39. The molecule has 1 atom stereocenters. The molecule has 4 rings (SSSR count). The normalized spacial score (nSPS) is 22.7. The zero-order valence-electron chi connectivity index (χ0n) is 14.4. The summed E-state index contributed by atoms with van der Waals surface area (Å²) in [5, 5.41) is 9.00. The third-order valence-electron chi connectivity index (χ3n) is 4.77. The van der Waals surface area contributed by atoms with Crippen LogP contribution in [0, 0.1) is 11.5 Å². The fraction of sp³-hybridized carbons (Fsp3) is 0.375. The predicted octanol–water partition coefficient (Wildman–Crippen LogP) is 2.02. The van der Waals surface area contributed by atoms with Gasteiger partial charge in [0.25, 0.3) is 0 Å². The third kappa shape index (κ3) is 3.06. The van der Waals surface area contributed by atoms with E-state index in [4.69, 9.17) is 5.26 Å². The number of fused-ring (bicyclic) bond motifs is 1. The Bertz CT molecular complexity index is 1090. The molecule has 2 aliphatic rings. The summed E-state index contributed by atoms with van der Waals surface area (Å²) in [4.78, 5) is 7.17. The predicted molar refractivity (Wildman–Crippen MR) is 93.9 cm³/mol. The van der Waals surface area contributed by atoms with E-state index < -0.39 is 22.2 Å². The van der Waals surface area contributed by atoms with Crippen LogP contribution in [0.1, 0.15) is 12.2 Å². The highest BCUT2D eigenvalue weighted by atomic mass is 32.2. The lowest BCUT2D eigenvalue weighted by Crippen LogP contribution is -2.50. The van der Waals surface area contributed by atoms with E-state index in [1.54, 1.807) is 6.08 Å². The minimum atomic E-state index is -4.62. The Morgan fingerprint density at radius 3 is 2.79 bits per heavy atom. The number of imidazole rings is 1. The summed E-state index contributed by atoms with van der Waals surface area (Å²) in [5.74, 6) is -1.14. The molecule has 0 amide bonds. The molecule has 12 heteroatoms. The number of aromatic nitrogens is 2. The van der Waals surface area contributed by atoms with Crippen LogP contribution < -0.4 is 4.31 Å². The fourth-order valence-corrected chi connectivity index (χ4v) is 5.09. The highest BCUT2D eigenvalue weighted by Crippen LogP contribution is 2.32. The Labute approximate surface area is 158 Å². The van der Waals surface area contributed by atoms with Crippen LogP contribution in [-0.4, -0.2) is 53.3 Å². The van der Waals surface area contributed by atoms with Crippen molar-refractivity contribution in [1.29, 1.82) is 5.26 Å². The summed E-state index contributed by atoms with van der Waals surface area (Å²) in [6.45, 7) is 0.969. The molecule has 1 aromatic carbocycles. The van der Waals surface area contributed by atoms with E-state index in [1.807, 2.05) is 6.19 Å². The van der Waals surface area contributed by atoms with Crippen molar-refractivity contribution in [2.45, 2.75) is 18.6 Å². The van der Waals surface area contributed by atoms with Gasteiger partial charge in [-0.2, -0.15) is 31.2 Å². The summed E-state index contributed by atoms with van der Waals surface area (Å²) in [7, 11) is -3.94. The monoisotopic (exact) mass is 412 g/mol. The average molecular weight is 412 g/mol. The second-order valence-corrected chi connectivity index (χ2v) is 8.29. The standard InChI is InChI=1S/C16H15F3N6O2S/c17-16(18,19)15-21-13-3-2-11(8-14(13)22-15)24-5-1-6-25(28(24,26)27)12-4-7-23(9-12)10-20/h1-3,5,8,12H,4,6-7,9H2,(H,21,22)/t12-/m1/s1. The van der Waals surface area contributed by atoms with Gasteiger partial charge in [0, 0.05) is 31.9 Å². The number of anilines is 1. The van der Waals surface area contributed by atoms with E-state index in [9.17, 15) is 21.6 Å². The molecule has 1 fully saturated rings. The van der Waals surface area contributed by atoms with Gasteiger partial charge in [0.15, 0.2) is 6.19 Å². The largest absolute Gasteiger partial charge is 0.449 e. The molecule has 2 aromatic rings. The van der Waals surface area contributed by atoms with Crippen LogP contribution in [0.4, 0.5) is 18.9 Å². The van der Waals surface area contributed by atoms with Crippen LogP contribution >= 0.6 is 0 Å². The molecule has 0 spiro atoms. The molecule has 1 aromatic heterocycles. The van der Waals surface area contributed by atoms with Gasteiger partial charge in [0.05, 0.1) is 16.7 Å². The summed E-state index contributed by atoms with van der Waals surface area (Å²) in [5.41, 5.74) is 0.370. The van der Waals surface area contributed by atoms with Gasteiger partial charge < -0.3 is 9.88 Å². The second-order valence-electron chi connectivity index (χ2n) is 6.53. The number of hydrogen-bond donors (Lipinski definition) is 1. The van der Waals surface area contributed by atoms with E-state index in [-0.39, 0.29) is 29.3 Å². The van der Waals surface area contributed by atoms with Crippen molar-refractivity contribution in [3.8, 4) is 6.19 Å². The Balaban J connectivity index is 1.67. The van der Waals surface area contributed by atoms with Gasteiger partial charge in [-0.05, 0) is 24.6 Å². The highest BCUT2D eigenvalue weighted by molar-refractivity contribution is 7.90. The fourth-order valence-electron chi connectivity index (χ4n) is 3.42. The van der Waals surface area contributed by atoms with Crippen LogP contribution in [0.5, 0.6) is 0 Å². The minimum absolute atomic E-state index is 0.0853. The molecule has 148 valence electrons. The lowest BCUT2D eigenvalue weighted by molar-refractivity contribution is -0.144. The Kier molecular flexibility index (Phi) is 4.24. The molecule has 28 heavy (non-hydrogen) atoms. The van der Waals surface area contributed by atoms with E-state index in [0.29, 0.717) is 19.5 Å². The molecule has 0 saturated carbocycles. The summed E-state index contributed by atoms with van der Waals surface area (Å²) >= 11 is 0. The van der Waals surface area contributed by atoms with Crippen molar-refractivity contribution < 1.29 is 21.6 Å². The summed E-state index contributed by atoms with van der Waals surface area (Å²) in [6.07, 6.45) is 0.964. The lowest BCUT2D eigenvalue weighted by Gasteiger charge is -2.35. The minimum Gasteiger partial charge on any atom is -0.334 e. The third-order valence-corrected chi connectivity index (χ3v) is 6.64. The molecule has 8 nitrogen and oxygen atoms in total. The number of hydrogen-bond acceptors (Lipinski definition) is 5. The number of benzene rings is 1. The topological polar surface area (TPSA) is 96.3 Å². The van der Waals surface area contributed by atoms with Gasteiger partial charge in [0.1, 0.15) is 0 Å². The van der Waals surface area contributed by atoms with Crippen molar-refractivity contribution in [2.24, 2.45) is 0 Å². The molecule has 0 bridgehead atoms. The van der Waals surface area contributed by atoms with Gasteiger partial charge in [-0.25, -0.2) is 9.29 Å². The van der Waals surface area contributed by atoms with E-state index in [2.05, 4.69) is 9.97 Å². The Morgan fingerprint density at radius 2 is 2.11 bits per heavy atom. The maximum atomic E-state index is 13.1. The van der Waals surface area contributed by atoms with Crippen molar-refractivity contribution >= 4 is 26.9 Å². The highest BCUT2D eigenvalue weighted by Gasteiger charge is 2.39. The quantitative estimate of drug-likeness (QED) is 0.762. The number of nitrogens with zero attached hydrogens (tertiary/aromatic N) is 5. The van der Waals surface area contributed by atoms with Crippen LogP contribution in [0.15, 0.2) is 30.5 Å². The second kappa shape index (κ2) is 6.39. The van der Waals surface area contributed by atoms with Crippen LogP contribution in [0.25, 0.3) is 11.0 Å². The number of alkyl halides is 3. The number of H-pyrrole nitrogens is 1. The van der Waals surface area contributed by atoms with Gasteiger partial charge in [-0.3, -0.25) is 0 Å². The van der Waals surface area contributed by atoms with Crippen molar-refractivity contribution in [3.63, 3.8) is 0 Å². The zero-order valence-corrected chi connectivity index (χ0v) is 15.2. The average Bonchev–Trinajstić information content (AvgIpc) is 3.27. The summed E-state index contributed by atoms with van der Waals surface area (Å²) in [6, 6.07) is 3.72. The van der Waals surface area contributed by atoms with Gasteiger partial charge in [0.2, 0.25) is 5.82 Å². The van der Waals surface area contributed by atoms with Crippen LogP contribution in [-0.2, 0) is 16.4 Å². The number of nitriles is 1. The molecule has 0 unspecified atom stereocenters. The number of nitrogens with one attached hydrogen (secondary N) is 1. The zero-order chi connectivity index (χ0) is 20.1. The molecule has 1 N–H and O–H groups in total. The molecule has 1 saturated heterocycles. The molecular formula is C16H15F3N6O2S. The van der Waals surface area contributed by atoms with Crippen LogP contribution in [0.2, 0.25) is 0 Å². The molecule has 3 heterocycles. The molecular weight excluding hydrogens is 397 g/mol. The number of halogens is 3. The molecule has 2 aliphatic heterocycles. The van der Waals surface area contributed by atoms with Gasteiger partial charge in [-0.15, -0.1) is 0 Å². The number of likely N-dealkylation sites (tertiary alicyclic amines) is 1. The first kappa shape index (κ1) is 18.6. The van der Waals surface area contributed by atoms with Crippen LogP contribution in [0.3, 0.4) is 0 Å². The van der Waals surface area contributed by atoms with Gasteiger partial charge >= 0.3 is 16.4 Å². The van der Waals surface area contributed by atoms with Gasteiger partial charge in [-0.1, -0.05) is 6.08 Å². The first-order valence-corrected chi connectivity index (χ1v) is 9.79. The lowest BCUT2D eigenvalue weighted by atomic mass is 10.2. The molecule has 0 aliphatic carbocycles. The van der Waals surface area contributed by atoms with Crippen molar-refractivity contribution in [1.82, 2.24) is 19.2 Å². The van der Waals surface area contributed by atoms with Crippen molar-refractivity contribution in [2.75, 3.05) is 23.9 Å². The van der Waals surface area contributed by atoms with Crippen molar-refractivity contribution in [3.05, 3.63) is 36.3 Å². The van der Waals surface area contributed by atoms with E-state index in [1.165, 1.54) is 33.6 Å². The number of aromatic amines is 1.